The third-order valence-corrected chi connectivity index (χ3v) is 2.56. The Hall–Kier alpha value is 0.0700. The van der Waals surface area contributed by atoms with Gasteiger partial charge in [-0.05, 0) is 34.4 Å². The molecule has 0 radical (unpaired) electrons. The molecule has 2 nitrogen and oxygen atoms in total. The zero-order valence-corrected chi connectivity index (χ0v) is 7.37. The lowest BCUT2D eigenvalue weighted by atomic mass is 10.3. The fraction of sp³-hybridized carbons (Fsp3) is 0.400. The molecule has 0 aliphatic heterocycles. The first kappa shape index (κ1) is 7.18. The molecule has 1 heterocycles. The van der Waals surface area contributed by atoms with E-state index >= 15 is 0 Å². The van der Waals surface area contributed by atoms with Crippen molar-refractivity contribution in [3.8, 4) is 0 Å². The first-order valence-electron chi connectivity index (χ1n) is 2.57. The molecule has 1 atom stereocenters. The van der Waals surface area contributed by atoms with Crippen LogP contribution in [-0.2, 0) is 0 Å². The molecule has 1 rings (SSSR count). The van der Waals surface area contributed by atoms with Gasteiger partial charge in [-0.25, -0.2) is 0 Å². The highest BCUT2D eigenvalue weighted by Crippen LogP contribution is 2.21. The minimum absolute atomic E-state index is 0.0330. The second kappa shape index (κ2) is 2.77. The van der Waals surface area contributed by atoms with Gasteiger partial charge >= 0.3 is 0 Å². The monoisotopic (exact) mass is 206 g/mol. The molecule has 50 valence electrons. The number of nitrogens with zero attached hydrogens (tertiary/aromatic N) is 1. The molecule has 2 N–H and O–H groups in total. The van der Waals surface area contributed by atoms with Crippen molar-refractivity contribution in [2.75, 3.05) is 0 Å². The molecule has 0 amide bonds. The molecular formula is C5H7BrN2S. The van der Waals surface area contributed by atoms with E-state index in [2.05, 4.69) is 20.3 Å². The molecule has 0 unspecified atom stereocenters. The second-order valence-electron chi connectivity index (χ2n) is 1.84. The predicted molar refractivity (Wildman–Crippen MR) is 42.4 cm³/mol. The highest BCUT2D eigenvalue weighted by atomic mass is 79.9. The van der Waals surface area contributed by atoms with Crippen LogP contribution >= 0.6 is 27.5 Å². The van der Waals surface area contributed by atoms with E-state index in [0.29, 0.717) is 0 Å². The summed E-state index contributed by atoms with van der Waals surface area (Å²) in [6.45, 7) is 1.92. The fourth-order valence-electron chi connectivity index (χ4n) is 0.534. The van der Waals surface area contributed by atoms with Crippen LogP contribution in [0, 0.1) is 0 Å². The van der Waals surface area contributed by atoms with Crippen LogP contribution in [0.1, 0.15) is 18.7 Å². The summed E-state index contributed by atoms with van der Waals surface area (Å²) in [5, 5.41) is 1.93. The Bertz CT molecular complexity index is 197. The predicted octanol–water partition coefficient (Wildman–Crippen LogP) is 1.93. The second-order valence-corrected chi connectivity index (χ2v) is 3.32. The molecule has 0 saturated heterocycles. The van der Waals surface area contributed by atoms with Crippen molar-refractivity contribution in [2.24, 2.45) is 5.73 Å². The minimum Gasteiger partial charge on any atom is -0.323 e. The fourth-order valence-corrected chi connectivity index (χ4v) is 2.00. The van der Waals surface area contributed by atoms with Gasteiger partial charge in [0.25, 0.3) is 0 Å². The number of aromatic nitrogens is 1. The standard InChI is InChI=1S/C5H7BrN2S/c1-3(7)5-4(6)2-9-8-5/h2-3H,7H2,1H3/t3-/m1/s1. The first-order valence-corrected chi connectivity index (χ1v) is 4.20. The number of rotatable bonds is 1. The Labute approximate surface area is 66.4 Å². The van der Waals surface area contributed by atoms with Gasteiger partial charge in [0, 0.05) is 11.4 Å². The maximum absolute atomic E-state index is 5.57. The lowest BCUT2D eigenvalue weighted by Gasteiger charge is -1.98. The molecule has 0 aliphatic carbocycles. The van der Waals surface area contributed by atoms with Crippen molar-refractivity contribution >= 4 is 27.5 Å². The molecule has 0 aromatic carbocycles. The van der Waals surface area contributed by atoms with Crippen LogP contribution in [0.2, 0.25) is 0 Å². The summed E-state index contributed by atoms with van der Waals surface area (Å²) < 4.78 is 5.10. The van der Waals surface area contributed by atoms with Crippen molar-refractivity contribution < 1.29 is 0 Å². The highest BCUT2D eigenvalue weighted by molar-refractivity contribution is 9.10. The molecule has 1 aromatic heterocycles. The molecule has 0 fully saturated rings. The van der Waals surface area contributed by atoms with Crippen LogP contribution in [0.5, 0.6) is 0 Å². The lowest BCUT2D eigenvalue weighted by Crippen LogP contribution is -2.05. The number of halogens is 1. The van der Waals surface area contributed by atoms with Crippen LogP contribution in [0.3, 0.4) is 0 Å². The Morgan fingerprint density at radius 3 is 2.78 bits per heavy atom. The number of nitrogens with two attached hydrogens (primary N) is 1. The van der Waals surface area contributed by atoms with E-state index in [-0.39, 0.29) is 6.04 Å². The maximum atomic E-state index is 5.57. The van der Waals surface area contributed by atoms with E-state index in [1.54, 1.807) is 0 Å². The summed E-state index contributed by atoms with van der Waals surface area (Å²) >= 11 is 4.75. The average Bonchev–Trinajstić information content (AvgIpc) is 2.13. The topological polar surface area (TPSA) is 38.9 Å². The van der Waals surface area contributed by atoms with Crippen molar-refractivity contribution in [3.05, 3.63) is 15.5 Å². The van der Waals surface area contributed by atoms with Gasteiger partial charge in [0.1, 0.15) is 0 Å². The largest absolute Gasteiger partial charge is 0.323 e. The van der Waals surface area contributed by atoms with Crippen LogP contribution < -0.4 is 5.73 Å². The summed E-state index contributed by atoms with van der Waals surface area (Å²) in [6, 6.07) is 0.0330. The third kappa shape index (κ3) is 1.50. The Balaban J connectivity index is 2.94. The van der Waals surface area contributed by atoms with Crippen molar-refractivity contribution in [1.29, 1.82) is 0 Å². The van der Waals surface area contributed by atoms with E-state index in [4.69, 9.17) is 5.73 Å². The Morgan fingerprint density at radius 1 is 1.89 bits per heavy atom. The summed E-state index contributed by atoms with van der Waals surface area (Å²) in [5.74, 6) is 0. The Kier molecular flexibility index (Phi) is 2.21. The third-order valence-electron chi connectivity index (χ3n) is 0.983. The normalized spacial score (nSPS) is 13.7. The van der Waals surface area contributed by atoms with Crippen LogP contribution in [0.25, 0.3) is 0 Å². The Morgan fingerprint density at radius 2 is 2.56 bits per heavy atom. The number of hydrogen-bond donors (Lipinski definition) is 1. The molecule has 4 heteroatoms. The van der Waals surface area contributed by atoms with E-state index in [9.17, 15) is 0 Å². The smallest absolute Gasteiger partial charge is 0.0848 e. The molecule has 0 spiro atoms. The lowest BCUT2D eigenvalue weighted by molar-refractivity contribution is 0.791. The maximum Gasteiger partial charge on any atom is 0.0848 e. The van der Waals surface area contributed by atoms with Gasteiger partial charge in [-0.1, -0.05) is 0 Å². The van der Waals surface area contributed by atoms with Gasteiger partial charge in [0.2, 0.25) is 0 Å². The quantitative estimate of drug-likeness (QED) is 0.764. The zero-order valence-electron chi connectivity index (χ0n) is 4.97. The van der Waals surface area contributed by atoms with Crippen molar-refractivity contribution in [2.45, 2.75) is 13.0 Å². The molecule has 0 aliphatic rings. The molecule has 0 saturated carbocycles. The zero-order chi connectivity index (χ0) is 6.85. The van der Waals surface area contributed by atoms with Gasteiger partial charge in [0.15, 0.2) is 0 Å². The summed E-state index contributed by atoms with van der Waals surface area (Å²) in [5.41, 5.74) is 6.52. The van der Waals surface area contributed by atoms with Gasteiger partial charge < -0.3 is 5.73 Å². The minimum atomic E-state index is 0.0330. The SMILES string of the molecule is C[C@@H](N)c1nscc1Br. The van der Waals surface area contributed by atoms with E-state index in [0.717, 1.165) is 10.2 Å². The number of hydrogen-bond acceptors (Lipinski definition) is 3. The molecular weight excluding hydrogens is 200 g/mol. The van der Waals surface area contributed by atoms with Crippen molar-refractivity contribution in [3.63, 3.8) is 0 Å². The van der Waals surface area contributed by atoms with Crippen LogP contribution in [-0.4, -0.2) is 4.37 Å². The molecule has 1 aromatic rings. The average molecular weight is 207 g/mol. The van der Waals surface area contributed by atoms with Gasteiger partial charge in [-0.3, -0.25) is 0 Å². The highest BCUT2D eigenvalue weighted by Gasteiger charge is 2.05. The summed E-state index contributed by atoms with van der Waals surface area (Å²) in [4.78, 5) is 0. The van der Waals surface area contributed by atoms with E-state index in [1.807, 2.05) is 12.3 Å². The van der Waals surface area contributed by atoms with Crippen LogP contribution in [0.15, 0.2) is 9.85 Å². The van der Waals surface area contributed by atoms with Crippen molar-refractivity contribution in [1.82, 2.24) is 4.37 Å². The van der Waals surface area contributed by atoms with Gasteiger partial charge in [-0.15, -0.1) is 0 Å². The van der Waals surface area contributed by atoms with Gasteiger partial charge in [0.05, 0.1) is 10.2 Å². The van der Waals surface area contributed by atoms with Crippen LogP contribution in [0.4, 0.5) is 0 Å². The molecule has 0 bridgehead atoms. The van der Waals surface area contributed by atoms with Gasteiger partial charge in [-0.2, -0.15) is 4.37 Å². The molecule has 9 heavy (non-hydrogen) atoms. The van der Waals surface area contributed by atoms with E-state index < -0.39 is 0 Å². The summed E-state index contributed by atoms with van der Waals surface area (Å²) in [6.07, 6.45) is 0. The first-order chi connectivity index (χ1) is 4.22. The summed E-state index contributed by atoms with van der Waals surface area (Å²) in [7, 11) is 0. The van der Waals surface area contributed by atoms with E-state index in [1.165, 1.54) is 11.5 Å².